The summed E-state index contributed by atoms with van der Waals surface area (Å²) < 4.78 is 5.21. The molecule has 1 saturated carbocycles. The first-order valence-electron chi connectivity index (χ1n) is 5.88. The molecule has 0 aromatic carbocycles. The number of rotatable bonds is 6. The van der Waals surface area contributed by atoms with Crippen LogP contribution in [0.1, 0.15) is 42.3 Å². The van der Waals surface area contributed by atoms with E-state index >= 15 is 0 Å². The molecule has 0 saturated heterocycles. The van der Waals surface area contributed by atoms with Crippen LogP contribution in [0.5, 0.6) is 0 Å². The van der Waals surface area contributed by atoms with Crippen molar-refractivity contribution >= 4 is 11.3 Å². The summed E-state index contributed by atoms with van der Waals surface area (Å²) in [7, 11) is 1.73. The van der Waals surface area contributed by atoms with Gasteiger partial charge in [0, 0.05) is 23.9 Å². The van der Waals surface area contributed by atoms with Gasteiger partial charge in [0.05, 0.1) is 17.3 Å². The molecule has 0 bridgehead atoms. The summed E-state index contributed by atoms with van der Waals surface area (Å²) in [6.45, 7) is 6.98. The van der Waals surface area contributed by atoms with Gasteiger partial charge in [0.2, 0.25) is 0 Å². The molecule has 1 aliphatic carbocycles. The van der Waals surface area contributed by atoms with Gasteiger partial charge in [-0.3, -0.25) is 0 Å². The lowest BCUT2D eigenvalue weighted by atomic mass is 10.2. The van der Waals surface area contributed by atoms with E-state index in [1.807, 2.05) is 11.3 Å². The topological polar surface area (TPSA) is 34.2 Å². The van der Waals surface area contributed by atoms with E-state index in [9.17, 15) is 0 Å². The number of nitrogens with zero attached hydrogens (tertiary/aromatic N) is 1. The lowest BCUT2D eigenvalue weighted by Crippen LogP contribution is -2.12. The molecule has 1 fully saturated rings. The van der Waals surface area contributed by atoms with Crippen LogP contribution in [0.4, 0.5) is 0 Å². The molecule has 0 spiro atoms. The second-order valence-electron chi connectivity index (χ2n) is 4.66. The van der Waals surface area contributed by atoms with Crippen molar-refractivity contribution < 1.29 is 4.74 Å². The van der Waals surface area contributed by atoms with Crippen LogP contribution in [0.2, 0.25) is 0 Å². The third-order valence-electron chi connectivity index (χ3n) is 3.11. The molecule has 0 atom stereocenters. The number of hydrogen-bond donors (Lipinski definition) is 1. The smallest absolute Gasteiger partial charge is 0.0991 e. The van der Waals surface area contributed by atoms with Crippen LogP contribution in [-0.2, 0) is 23.3 Å². The minimum Gasteiger partial charge on any atom is -0.378 e. The Bertz CT molecular complexity index is 358. The van der Waals surface area contributed by atoms with Gasteiger partial charge in [0.15, 0.2) is 0 Å². The van der Waals surface area contributed by atoms with Crippen molar-refractivity contribution in [1.29, 1.82) is 0 Å². The fraction of sp³-hybridized carbons (Fsp3) is 0.750. The molecule has 3 nitrogen and oxygen atoms in total. The van der Waals surface area contributed by atoms with Crippen LogP contribution in [0.15, 0.2) is 0 Å². The summed E-state index contributed by atoms with van der Waals surface area (Å²) in [6, 6.07) is 0. The van der Waals surface area contributed by atoms with Gasteiger partial charge in [-0.1, -0.05) is 13.8 Å². The van der Waals surface area contributed by atoms with E-state index in [-0.39, 0.29) is 0 Å². The molecule has 1 aromatic heterocycles. The van der Waals surface area contributed by atoms with E-state index in [0.717, 1.165) is 18.8 Å². The Kier molecular flexibility index (Phi) is 3.62. The quantitative estimate of drug-likeness (QED) is 0.829. The van der Waals surface area contributed by atoms with Crippen LogP contribution < -0.4 is 5.32 Å². The first kappa shape index (κ1) is 12.0. The number of methoxy groups -OCH3 is 1. The second kappa shape index (κ2) is 4.82. The molecule has 0 amide bonds. The zero-order chi connectivity index (χ0) is 11.6. The fourth-order valence-electron chi connectivity index (χ4n) is 1.67. The largest absolute Gasteiger partial charge is 0.378 e. The molecule has 4 heteroatoms. The van der Waals surface area contributed by atoms with E-state index in [1.54, 1.807) is 7.11 Å². The van der Waals surface area contributed by atoms with Crippen molar-refractivity contribution in [2.45, 2.75) is 45.3 Å². The summed E-state index contributed by atoms with van der Waals surface area (Å²) in [6.07, 6.45) is 2.57. The molecular weight excluding hydrogens is 220 g/mol. The van der Waals surface area contributed by atoms with Gasteiger partial charge >= 0.3 is 0 Å². The molecule has 0 aliphatic heterocycles. The molecule has 1 N–H and O–H groups in total. The summed E-state index contributed by atoms with van der Waals surface area (Å²) in [5.41, 5.74) is 1.49. The standard InChI is InChI=1S/C12H20N2OS/c1-4-13-7-10-9(8-15-3)14-11(16-10)12(2)5-6-12/h13H,4-8H2,1-3H3. The highest BCUT2D eigenvalue weighted by Gasteiger charge is 2.42. The minimum atomic E-state index is 0.373. The van der Waals surface area contributed by atoms with Crippen LogP contribution in [0.25, 0.3) is 0 Å². The van der Waals surface area contributed by atoms with Gasteiger partial charge in [-0.25, -0.2) is 4.98 Å². The zero-order valence-corrected chi connectivity index (χ0v) is 11.1. The highest BCUT2D eigenvalue weighted by Crippen LogP contribution is 2.49. The lowest BCUT2D eigenvalue weighted by molar-refractivity contribution is 0.181. The second-order valence-corrected chi connectivity index (χ2v) is 5.75. The Morgan fingerprint density at radius 1 is 1.50 bits per heavy atom. The Balaban J connectivity index is 2.16. The van der Waals surface area contributed by atoms with Gasteiger partial charge in [0.25, 0.3) is 0 Å². The lowest BCUT2D eigenvalue weighted by Gasteiger charge is -2.01. The molecule has 90 valence electrons. The first-order chi connectivity index (χ1) is 7.69. The third kappa shape index (κ3) is 2.44. The molecule has 2 rings (SSSR count). The molecule has 16 heavy (non-hydrogen) atoms. The Hall–Kier alpha value is -0.450. The van der Waals surface area contributed by atoms with E-state index in [2.05, 4.69) is 19.2 Å². The maximum absolute atomic E-state index is 5.21. The van der Waals surface area contributed by atoms with Crippen LogP contribution in [0, 0.1) is 0 Å². The Morgan fingerprint density at radius 2 is 2.25 bits per heavy atom. The van der Waals surface area contributed by atoms with Crippen LogP contribution >= 0.6 is 11.3 Å². The van der Waals surface area contributed by atoms with Crippen molar-refractivity contribution in [3.8, 4) is 0 Å². The average Bonchev–Trinajstić information content (AvgIpc) is 2.89. The number of aromatic nitrogens is 1. The highest BCUT2D eigenvalue weighted by molar-refractivity contribution is 7.12. The first-order valence-corrected chi connectivity index (χ1v) is 6.70. The predicted octanol–water partition coefficient (Wildman–Crippen LogP) is 2.45. The van der Waals surface area contributed by atoms with Gasteiger partial charge in [-0.15, -0.1) is 11.3 Å². The number of thiazole rings is 1. The predicted molar refractivity (Wildman–Crippen MR) is 66.8 cm³/mol. The van der Waals surface area contributed by atoms with E-state index in [1.165, 1.54) is 22.7 Å². The summed E-state index contributed by atoms with van der Waals surface area (Å²) in [5, 5.41) is 4.66. The van der Waals surface area contributed by atoms with Crippen molar-refractivity contribution in [1.82, 2.24) is 10.3 Å². The molecular formula is C12H20N2OS. The van der Waals surface area contributed by atoms with Crippen LogP contribution in [0.3, 0.4) is 0 Å². The number of hydrogen-bond acceptors (Lipinski definition) is 4. The molecule has 1 heterocycles. The van der Waals surface area contributed by atoms with E-state index in [0.29, 0.717) is 12.0 Å². The average molecular weight is 240 g/mol. The van der Waals surface area contributed by atoms with Gasteiger partial charge in [0.1, 0.15) is 0 Å². The SMILES string of the molecule is CCNCc1sc(C2(C)CC2)nc1COC. The monoisotopic (exact) mass is 240 g/mol. The van der Waals surface area contributed by atoms with Crippen molar-refractivity contribution in [3.63, 3.8) is 0 Å². The van der Waals surface area contributed by atoms with E-state index in [4.69, 9.17) is 9.72 Å². The fourth-order valence-corrected chi connectivity index (χ4v) is 2.91. The number of nitrogens with one attached hydrogen (secondary N) is 1. The maximum atomic E-state index is 5.21. The third-order valence-corrected chi connectivity index (χ3v) is 4.51. The molecule has 0 radical (unpaired) electrons. The Morgan fingerprint density at radius 3 is 2.81 bits per heavy atom. The zero-order valence-electron chi connectivity index (χ0n) is 10.3. The van der Waals surface area contributed by atoms with Crippen molar-refractivity contribution in [3.05, 3.63) is 15.6 Å². The molecule has 1 aliphatic rings. The normalized spacial score (nSPS) is 17.7. The summed E-state index contributed by atoms with van der Waals surface area (Å²) in [5.74, 6) is 0. The van der Waals surface area contributed by atoms with E-state index < -0.39 is 0 Å². The molecule has 1 aromatic rings. The summed E-state index contributed by atoms with van der Waals surface area (Å²) >= 11 is 1.86. The van der Waals surface area contributed by atoms with Crippen molar-refractivity contribution in [2.75, 3.05) is 13.7 Å². The molecule has 0 unspecified atom stereocenters. The van der Waals surface area contributed by atoms with Gasteiger partial charge in [-0.2, -0.15) is 0 Å². The summed E-state index contributed by atoms with van der Waals surface area (Å²) in [4.78, 5) is 6.08. The maximum Gasteiger partial charge on any atom is 0.0991 e. The van der Waals surface area contributed by atoms with Crippen molar-refractivity contribution in [2.24, 2.45) is 0 Å². The Labute approximate surface area is 101 Å². The van der Waals surface area contributed by atoms with Gasteiger partial charge in [-0.05, 0) is 19.4 Å². The highest BCUT2D eigenvalue weighted by atomic mass is 32.1. The minimum absolute atomic E-state index is 0.373. The van der Waals surface area contributed by atoms with Gasteiger partial charge < -0.3 is 10.1 Å². The number of ether oxygens (including phenoxy) is 1. The van der Waals surface area contributed by atoms with Crippen LogP contribution in [-0.4, -0.2) is 18.6 Å².